The highest BCUT2D eigenvalue weighted by atomic mass is 32.2. The molecule has 0 aromatic heterocycles. The fourth-order valence-corrected chi connectivity index (χ4v) is 2.26. The van der Waals surface area contributed by atoms with Crippen LogP contribution < -0.4 is 4.74 Å². The summed E-state index contributed by atoms with van der Waals surface area (Å²) in [5.74, 6) is 1.42. The number of fused-ring (bicyclic) bond motifs is 1. The number of ether oxygens (including phenoxy) is 1. The lowest BCUT2D eigenvalue weighted by Gasteiger charge is -2.03. The molecule has 1 aromatic carbocycles. The predicted molar refractivity (Wildman–Crippen MR) is 48.0 cm³/mol. The Hall–Kier alpha value is -0.960. The lowest BCUT2D eigenvalue weighted by atomic mass is 10.1. The number of carbonyl (C=O) groups is 1. The molecule has 0 saturated carbocycles. The van der Waals surface area contributed by atoms with Crippen molar-refractivity contribution in [3.05, 3.63) is 23.8 Å². The molecule has 0 bridgehead atoms. The highest BCUT2D eigenvalue weighted by Gasteiger charge is 2.23. The number of hydrogen-bond donors (Lipinski definition) is 0. The molecule has 0 spiro atoms. The average Bonchev–Trinajstić information content (AvgIpc) is 2.48. The number of carbonyl (C=O) groups excluding carboxylic acids is 1. The molecule has 3 heteroatoms. The first kappa shape index (κ1) is 7.68. The van der Waals surface area contributed by atoms with Gasteiger partial charge in [-0.05, 0) is 12.1 Å². The Morgan fingerprint density at radius 1 is 1.50 bits per heavy atom. The van der Waals surface area contributed by atoms with Gasteiger partial charge in [0.1, 0.15) is 5.75 Å². The maximum absolute atomic E-state index is 11.3. The minimum atomic E-state index is 0.174. The molecule has 2 rings (SSSR count). The van der Waals surface area contributed by atoms with E-state index in [0.29, 0.717) is 11.5 Å². The van der Waals surface area contributed by atoms with Crippen LogP contribution in [0.1, 0.15) is 10.4 Å². The summed E-state index contributed by atoms with van der Waals surface area (Å²) in [6.45, 7) is 0. The highest BCUT2D eigenvalue weighted by molar-refractivity contribution is 8.00. The van der Waals surface area contributed by atoms with Gasteiger partial charge < -0.3 is 4.74 Å². The van der Waals surface area contributed by atoms with Crippen LogP contribution in [0.25, 0.3) is 0 Å². The van der Waals surface area contributed by atoms with E-state index in [1.165, 1.54) is 0 Å². The van der Waals surface area contributed by atoms with Crippen LogP contribution in [0.3, 0.4) is 0 Å². The summed E-state index contributed by atoms with van der Waals surface area (Å²) in [7, 11) is 1.59. The molecule has 62 valence electrons. The van der Waals surface area contributed by atoms with E-state index in [-0.39, 0.29) is 5.78 Å². The first-order chi connectivity index (χ1) is 5.83. The number of thioether (sulfide) groups is 1. The van der Waals surface area contributed by atoms with Crippen molar-refractivity contribution in [1.29, 1.82) is 0 Å². The fraction of sp³-hybridized carbons (Fsp3) is 0.222. The van der Waals surface area contributed by atoms with Crippen LogP contribution in [-0.4, -0.2) is 18.6 Å². The van der Waals surface area contributed by atoms with Crippen LogP contribution in [-0.2, 0) is 0 Å². The van der Waals surface area contributed by atoms with Crippen LogP contribution in [0.2, 0.25) is 0 Å². The molecule has 0 aliphatic carbocycles. The molecule has 0 atom stereocenters. The Labute approximate surface area is 74.9 Å². The molecule has 1 aliphatic heterocycles. The normalized spacial score (nSPS) is 14.6. The molecule has 1 heterocycles. The van der Waals surface area contributed by atoms with Crippen molar-refractivity contribution >= 4 is 17.5 Å². The van der Waals surface area contributed by atoms with Gasteiger partial charge in [-0.25, -0.2) is 0 Å². The quantitative estimate of drug-likeness (QED) is 0.661. The summed E-state index contributed by atoms with van der Waals surface area (Å²) >= 11 is 1.58. The Balaban J connectivity index is 2.60. The summed E-state index contributed by atoms with van der Waals surface area (Å²) < 4.78 is 5.09. The van der Waals surface area contributed by atoms with Gasteiger partial charge in [0.15, 0.2) is 5.78 Å². The van der Waals surface area contributed by atoms with Crippen LogP contribution in [0.15, 0.2) is 23.1 Å². The van der Waals surface area contributed by atoms with E-state index < -0.39 is 0 Å². The van der Waals surface area contributed by atoms with Gasteiger partial charge in [-0.1, -0.05) is 6.07 Å². The molecule has 1 aliphatic rings. The molecule has 0 fully saturated rings. The van der Waals surface area contributed by atoms with Crippen molar-refractivity contribution < 1.29 is 9.53 Å². The Morgan fingerprint density at radius 3 is 3.08 bits per heavy atom. The van der Waals surface area contributed by atoms with Crippen molar-refractivity contribution in [2.45, 2.75) is 4.90 Å². The van der Waals surface area contributed by atoms with Crippen LogP contribution in [0, 0.1) is 0 Å². The molecular weight excluding hydrogens is 172 g/mol. The molecule has 12 heavy (non-hydrogen) atoms. The smallest absolute Gasteiger partial charge is 0.177 e. The minimum absolute atomic E-state index is 0.174. The van der Waals surface area contributed by atoms with Crippen molar-refractivity contribution in [3.63, 3.8) is 0 Å². The highest BCUT2D eigenvalue weighted by Crippen LogP contribution is 2.36. The maximum atomic E-state index is 11.3. The third kappa shape index (κ3) is 1.01. The monoisotopic (exact) mass is 180 g/mol. The Morgan fingerprint density at radius 2 is 2.33 bits per heavy atom. The van der Waals surface area contributed by atoms with E-state index in [1.54, 1.807) is 18.9 Å². The second-order valence-electron chi connectivity index (χ2n) is 2.55. The number of rotatable bonds is 1. The van der Waals surface area contributed by atoms with Gasteiger partial charge in [0, 0.05) is 4.90 Å². The largest absolute Gasteiger partial charge is 0.496 e. The first-order valence-electron chi connectivity index (χ1n) is 3.66. The molecular formula is C9H8O2S. The van der Waals surface area contributed by atoms with Gasteiger partial charge in [-0.3, -0.25) is 4.79 Å². The van der Waals surface area contributed by atoms with Gasteiger partial charge in [0.25, 0.3) is 0 Å². The summed E-state index contributed by atoms with van der Waals surface area (Å²) in [5.41, 5.74) is 0.755. The zero-order valence-electron chi connectivity index (χ0n) is 6.66. The SMILES string of the molecule is COc1cccc2c1C(=O)CS2. The van der Waals surface area contributed by atoms with E-state index in [0.717, 1.165) is 10.5 Å². The van der Waals surface area contributed by atoms with Crippen molar-refractivity contribution in [2.24, 2.45) is 0 Å². The van der Waals surface area contributed by atoms with E-state index in [1.807, 2.05) is 18.2 Å². The standard InChI is InChI=1S/C9H8O2S/c1-11-7-3-2-4-8-9(7)6(10)5-12-8/h2-4H,5H2,1H3. The number of Topliss-reactive ketones (excluding diaryl/α,β-unsaturated/α-hetero) is 1. The molecule has 0 radical (unpaired) electrons. The number of methoxy groups -OCH3 is 1. The fourth-order valence-electron chi connectivity index (χ4n) is 1.29. The van der Waals surface area contributed by atoms with E-state index in [4.69, 9.17) is 4.74 Å². The second kappa shape index (κ2) is 2.83. The molecule has 2 nitrogen and oxygen atoms in total. The zero-order chi connectivity index (χ0) is 8.55. The average molecular weight is 180 g/mol. The van der Waals surface area contributed by atoms with Crippen LogP contribution >= 0.6 is 11.8 Å². The molecule has 0 saturated heterocycles. The van der Waals surface area contributed by atoms with Gasteiger partial charge >= 0.3 is 0 Å². The van der Waals surface area contributed by atoms with Crippen molar-refractivity contribution in [1.82, 2.24) is 0 Å². The molecule has 0 unspecified atom stereocenters. The number of benzene rings is 1. The summed E-state index contributed by atoms with van der Waals surface area (Å²) in [6, 6.07) is 5.68. The lowest BCUT2D eigenvalue weighted by molar-refractivity contribution is 0.102. The third-order valence-corrected chi connectivity index (χ3v) is 2.90. The van der Waals surface area contributed by atoms with Gasteiger partial charge in [0.05, 0.1) is 18.4 Å². The lowest BCUT2D eigenvalue weighted by Crippen LogP contribution is -1.98. The van der Waals surface area contributed by atoms with Crippen molar-refractivity contribution in [3.8, 4) is 5.75 Å². The second-order valence-corrected chi connectivity index (χ2v) is 3.56. The summed E-state index contributed by atoms with van der Waals surface area (Å²) in [6.07, 6.45) is 0. The van der Waals surface area contributed by atoms with Gasteiger partial charge in [-0.15, -0.1) is 11.8 Å². The number of ketones is 1. The first-order valence-corrected chi connectivity index (χ1v) is 4.64. The molecule has 0 N–H and O–H groups in total. The number of hydrogen-bond acceptors (Lipinski definition) is 3. The minimum Gasteiger partial charge on any atom is -0.496 e. The third-order valence-electron chi connectivity index (χ3n) is 1.85. The molecule has 1 aromatic rings. The van der Waals surface area contributed by atoms with Crippen molar-refractivity contribution in [2.75, 3.05) is 12.9 Å². The van der Waals surface area contributed by atoms with Crippen LogP contribution in [0.5, 0.6) is 5.75 Å². The van der Waals surface area contributed by atoms with Gasteiger partial charge in [0.2, 0.25) is 0 Å². The Kier molecular flexibility index (Phi) is 1.81. The van der Waals surface area contributed by atoms with E-state index >= 15 is 0 Å². The van der Waals surface area contributed by atoms with E-state index in [9.17, 15) is 4.79 Å². The summed E-state index contributed by atoms with van der Waals surface area (Å²) in [4.78, 5) is 12.4. The topological polar surface area (TPSA) is 26.3 Å². The summed E-state index contributed by atoms with van der Waals surface area (Å²) in [5, 5.41) is 0. The maximum Gasteiger partial charge on any atom is 0.177 e. The predicted octanol–water partition coefficient (Wildman–Crippen LogP) is 1.98. The Bertz CT molecular complexity index is 333. The molecule has 0 amide bonds. The van der Waals surface area contributed by atoms with Crippen LogP contribution in [0.4, 0.5) is 0 Å². The zero-order valence-corrected chi connectivity index (χ0v) is 7.48. The van der Waals surface area contributed by atoms with Gasteiger partial charge in [-0.2, -0.15) is 0 Å². The van der Waals surface area contributed by atoms with E-state index in [2.05, 4.69) is 0 Å².